The van der Waals surface area contributed by atoms with Crippen LogP contribution in [-0.2, 0) is 0 Å². The van der Waals surface area contributed by atoms with Crippen LogP contribution in [-0.4, -0.2) is 4.98 Å². The van der Waals surface area contributed by atoms with Crippen molar-refractivity contribution in [1.29, 1.82) is 0 Å². The van der Waals surface area contributed by atoms with E-state index in [-0.39, 0.29) is 0 Å². The molecule has 14 aromatic carbocycles. The van der Waals surface area contributed by atoms with Gasteiger partial charge in [0.1, 0.15) is 0 Å². The second kappa shape index (κ2) is 18.9. The van der Waals surface area contributed by atoms with E-state index in [4.69, 9.17) is 4.98 Å². The molecule has 1 nitrogen and oxygen atoms in total. The predicted molar refractivity (Wildman–Crippen MR) is 333 cm³/mol. The smallest absolute Gasteiger partial charge is 0.0702 e. The summed E-state index contributed by atoms with van der Waals surface area (Å²) in [5.41, 5.74) is 18.7. The highest BCUT2D eigenvalue weighted by atomic mass is 14.7. The van der Waals surface area contributed by atoms with Crippen molar-refractivity contribution in [3.63, 3.8) is 0 Å². The molecule has 0 unspecified atom stereocenters. The molecule has 0 atom stereocenters. The zero-order valence-corrected chi connectivity index (χ0v) is 42.7. The van der Waals surface area contributed by atoms with Crippen molar-refractivity contribution in [2.45, 2.75) is 0 Å². The summed E-state index contributed by atoms with van der Waals surface area (Å²) >= 11 is 0. The summed E-state index contributed by atoms with van der Waals surface area (Å²) in [6, 6.07) is 108. The van der Waals surface area contributed by atoms with Crippen molar-refractivity contribution in [1.82, 2.24) is 4.98 Å². The van der Waals surface area contributed by atoms with E-state index in [0.717, 1.165) is 33.5 Å². The first-order valence-electron chi connectivity index (χ1n) is 26.9. The zero-order valence-electron chi connectivity index (χ0n) is 42.7. The van der Waals surface area contributed by atoms with E-state index in [2.05, 4.69) is 285 Å². The molecule has 0 aliphatic rings. The van der Waals surface area contributed by atoms with Crippen LogP contribution < -0.4 is 0 Å². The van der Waals surface area contributed by atoms with Crippen LogP contribution in [0.4, 0.5) is 0 Å². The Hall–Kier alpha value is -10.2. The number of hydrogen-bond acceptors (Lipinski definition) is 1. The Balaban J connectivity index is 1.03. The summed E-state index contributed by atoms with van der Waals surface area (Å²) in [7, 11) is 0. The Labute approximate surface area is 453 Å². The molecule has 0 aliphatic carbocycles. The molecule has 0 spiro atoms. The molecule has 0 saturated carbocycles. The van der Waals surface area contributed by atoms with Gasteiger partial charge in [0.15, 0.2) is 0 Å². The average Bonchev–Trinajstić information content (AvgIpc) is 3.71. The third kappa shape index (κ3) is 7.67. The molecule has 0 aliphatic heterocycles. The Kier molecular flexibility index (Phi) is 10.9. The van der Waals surface area contributed by atoms with Crippen molar-refractivity contribution >= 4 is 64.6 Å². The number of hydrogen-bond donors (Lipinski definition) is 0. The molecule has 0 N–H and O–H groups in total. The van der Waals surface area contributed by atoms with Crippen LogP contribution in [0.1, 0.15) is 0 Å². The maximum atomic E-state index is 4.79. The number of benzene rings is 14. The van der Waals surface area contributed by atoms with E-state index in [9.17, 15) is 0 Å². The van der Waals surface area contributed by atoms with Gasteiger partial charge in [-0.05, 0) is 179 Å². The monoisotopic (exact) mass is 987 g/mol. The van der Waals surface area contributed by atoms with Crippen LogP contribution in [0.15, 0.2) is 297 Å². The van der Waals surface area contributed by atoms with E-state index in [1.165, 1.54) is 120 Å². The average molecular weight is 988 g/mol. The lowest BCUT2D eigenvalue weighted by molar-refractivity contribution is 1.33. The second-order valence-corrected chi connectivity index (χ2v) is 20.5. The van der Waals surface area contributed by atoms with E-state index in [1.54, 1.807) is 0 Å². The molecule has 0 fully saturated rings. The van der Waals surface area contributed by atoms with Gasteiger partial charge in [0.25, 0.3) is 0 Å². The van der Waals surface area contributed by atoms with Crippen LogP contribution in [0.5, 0.6) is 0 Å². The van der Waals surface area contributed by atoms with Crippen molar-refractivity contribution in [2.24, 2.45) is 0 Å². The quantitative estimate of drug-likeness (QED) is 0.148. The first-order valence-corrected chi connectivity index (χ1v) is 26.9. The van der Waals surface area contributed by atoms with Crippen LogP contribution >= 0.6 is 0 Å². The molecular formula is C77H49N. The first kappa shape index (κ1) is 45.2. The van der Waals surface area contributed by atoms with Crippen LogP contribution in [0, 0.1) is 0 Å². The topological polar surface area (TPSA) is 12.9 Å². The van der Waals surface area contributed by atoms with Crippen molar-refractivity contribution in [3.05, 3.63) is 297 Å². The standard InChI is InChI=1S/C77H49N/c1-5-28-59-50(18-1)22-12-32-65(59)71-38-16-36-69-63(41-43-73(76(69)71)67-34-14-24-52-20-3-7-30-61(52)67)57-47-56(54-26-11-27-55(46-54)75-40-9-10-45-78-75)48-58(49-57)64-42-44-74(68-35-15-25-53-21-4-8-31-62(53)68)77-70(64)37-17-39-72(77)66-33-13-23-51-19-2-6-29-60(51)66/h1-49H. The van der Waals surface area contributed by atoms with Gasteiger partial charge < -0.3 is 0 Å². The van der Waals surface area contributed by atoms with Crippen molar-refractivity contribution in [2.75, 3.05) is 0 Å². The van der Waals surface area contributed by atoms with Crippen LogP contribution in [0.2, 0.25) is 0 Å². The number of nitrogens with zero attached hydrogens (tertiary/aromatic N) is 1. The van der Waals surface area contributed by atoms with Crippen molar-refractivity contribution in [3.8, 4) is 89.1 Å². The fraction of sp³-hybridized carbons (Fsp3) is 0. The third-order valence-electron chi connectivity index (χ3n) is 16.1. The summed E-state index contributed by atoms with van der Waals surface area (Å²) in [5.74, 6) is 0. The maximum Gasteiger partial charge on any atom is 0.0702 e. The minimum Gasteiger partial charge on any atom is -0.256 e. The molecular weight excluding hydrogens is 939 g/mol. The first-order chi connectivity index (χ1) is 38.7. The SMILES string of the molecule is c1ccc(-c2cccc(-c3cc(-c4ccc(-c5cccc6ccccc56)c5c(-c6cccc7ccccc67)cccc45)cc(-c4ccc(-c5cccc6ccccc56)c5c(-c6cccc7ccccc67)cccc45)c3)c2)nc1. The Bertz CT molecular complexity index is 4400. The predicted octanol–water partition coefficient (Wildman–Crippen LogP) is 21.3. The van der Waals surface area contributed by atoms with Gasteiger partial charge in [0.2, 0.25) is 0 Å². The van der Waals surface area contributed by atoms with Gasteiger partial charge in [0, 0.05) is 11.8 Å². The maximum absolute atomic E-state index is 4.79. The minimum absolute atomic E-state index is 0.947. The Morgan fingerprint density at radius 3 is 0.923 bits per heavy atom. The summed E-state index contributed by atoms with van der Waals surface area (Å²) in [4.78, 5) is 4.79. The largest absolute Gasteiger partial charge is 0.256 e. The fourth-order valence-electron chi connectivity index (χ4n) is 12.6. The highest BCUT2D eigenvalue weighted by Gasteiger charge is 2.21. The molecule has 78 heavy (non-hydrogen) atoms. The lowest BCUT2D eigenvalue weighted by Gasteiger charge is -2.20. The van der Waals surface area contributed by atoms with Gasteiger partial charge in [0.05, 0.1) is 5.69 Å². The normalized spacial score (nSPS) is 11.6. The number of rotatable bonds is 8. The molecule has 1 heteroatoms. The van der Waals surface area contributed by atoms with Crippen LogP contribution in [0.3, 0.4) is 0 Å². The van der Waals surface area contributed by atoms with Gasteiger partial charge in [-0.3, -0.25) is 4.98 Å². The molecule has 0 radical (unpaired) electrons. The van der Waals surface area contributed by atoms with Crippen LogP contribution in [0.25, 0.3) is 154 Å². The van der Waals surface area contributed by atoms with E-state index >= 15 is 0 Å². The Morgan fingerprint density at radius 1 is 0.179 bits per heavy atom. The molecule has 0 saturated heterocycles. The van der Waals surface area contributed by atoms with Gasteiger partial charge >= 0.3 is 0 Å². The number of fused-ring (bicyclic) bond motifs is 6. The summed E-state index contributed by atoms with van der Waals surface area (Å²) in [5, 5.41) is 14.7. The lowest BCUT2D eigenvalue weighted by atomic mass is 9.83. The summed E-state index contributed by atoms with van der Waals surface area (Å²) in [6.45, 7) is 0. The summed E-state index contributed by atoms with van der Waals surface area (Å²) < 4.78 is 0. The third-order valence-corrected chi connectivity index (χ3v) is 16.1. The fourth-order valence-corrected chi connectivity index (χ4v) is 12.6. The zero-order chi connectivity index (χ0) is 51.5. The molecule has 1 heterocycles. The second-order valence-electron chi connectivity index (χ2n) is 20.5. The summed E-state index contributed by atoms with van der Waals surface area (Å²) in [6.07, 6.45) is 1.87. The molecule has 0 bridgehead atoms. The van der Waals surface area contributed by atoms with E-state index < -0.39 is 0 Å². The van der Waals surface area contributed by atoms with Gasteiger partial charge in [-0.25, -0.2) is 0 Å². The molecule has 0 amide bonds. The highest BCUT2D eigenvalue weighted by Crippen LogP contribution is 2.48. The highest BCUT2D eigenvalue weighted by molar-refractivity contribution is 6.19. The van der Waals surface area contributed by atoms with Gasteiger partial charge in [-0.1, -0.05) is 255 Å². The molecule has 15 rings (SSSR count). The van der Waals surface area contributed by atoms with E-state index in [1.807, 2.05) is 12.3 Å². The van der Waals surface area contributed by atoms with Gasteiger partial charge in [-0.15, -0.1) is 0 Å². The molecule has 362 valence electrons. The molecule has 15 aromatic rings. The number of aromatic nitrogens is 1. The molecule has 1 aromatic heterocycles. The number of pyridine rings is 1. The van der Waals surface area contributed by atoms with Crippen molar-refractivity contribution < 1.29 is 0 Å². The lowest BCUT2D eigenvalue weighted by Crippen LogP contribution is -1.94. The Morgan fingerprint density at radius 2 is 0.487 bits per heavy atom. The van der Waals surface area contributed by atoms with E-state index in [0.29, 0.717) is 0 Å². The minimum atomic E-state index is 0.947. The van der Waals surface area contributed by atoms with Gasteiger partial charge in [-0.2, -0.15) is 0 Å².